The van der Waals surface area contributed by atoms with Crippen LogP contribution >= 0.6 is 12.4 Å². The number of ether oxygens (including phenoxy) is 1. The molecule has 2 N–H and O–H groups in total. The van der Waals surface area contributed by atoms with Crippen LogP contribution in [-0.4, -0.2) is 36.5 Å². The third-order valence-electron chi connectivity index (χ3n) is 4.61. The lowest BCUT2D eigenvalue weighted by molar-refractivity contribution is -0.134. The third kappa shape index (κ3) is 5.99. The van der Waals surface area contributed by atoms with Crippen molar-refractivity contribution in [1.29, 1.82) is 0 Å². The molecule has 0 spiro atoms. The minimum absolute atomic E-state index is 0. The fraction of sp³-hybridized carbons (Fsp3) is 0.632. The van der Waals surface area contributed by atoms with Crippen LogP contribution in [0.15, 0.2) is 18.2 Å². The van der Waals surface area contributed by atoms with E-state index in [1.54, 1.807) is 0 Å². The van der Waals surface area contributed by atoms with Crippen LogP contribution in [0.1, 0.15) is 49.7 Å². The number of carbonyl (C=O) groups is 1. The van der Waals surface area contributed by atoms with Crippen LogP contribution in [0, 0.1) is 13.8 Å². The summed E-state index contributed by atoms with van der Waals surface area (Å²) < 4.78 is 5.84. The van der Waals surface area contributed by atoms with Gasteiger partial charge in [0.05, 0.1) is 6.61 Å². The number of amides is 1. The van der Waals surface area contributed by atoms with Crippen molar-refractivity contribution >= 4 is 18.3 Å². The van der Waals surface area contributed by atoms with E-state index in [-0.39, 0.29) is 24.4 Å². The first-order chi connectivity index (χ1) is 11.1. The van der Waals surface area contributed by atoms with Gasteiger partial charge in [-0.3, -0.25) is 4.79 Å². The van der Waals surface area contributed by atoms with Crippen molar-refractivity contribution in [3.8, 4) is 5.75 Å². The van der Waals surface area contributed by atoms with Crippen LogP contribution in [0.4, 0.5) is 0 Å². The highest BCUT2D eigenvalue weighted by atomic mass is 35.5. The molecule has 1 heterocycles. The molecule has 1 aliphatic rings. The van der Waals surface area contributed by atoms with Crippen molar-refractivity contribution in [2.24, 2.45) is 5.73 Å². The molecule has 1 fully saturated rings. The molecule has 0 radical (unpaired) electrons. The quantitative estimate of drug-likeness (QED) is 0.761. The maximum absolute atomic E-state index is 12.3. The Bertz CT molecular complexity index is 522. The zero-order valence-electron chi connectivity index (χ0n) is 14.9. The van der Waals surface area contributed by atoms with Crippen LogP contribution in [0.2, 0.25) is 0 Å². The lowest BCUT2D eigenvalue weighted by atomic mass is 10.0. The fourth-order valence-electron chi connectivity index (χ4n) is 3.14. The first kappa shape index (κ1) is 20.8. The van der Waals surface area contributed by atoms with Crippen LogP contribution in [0.25, 0.3) is 0 Å². The fourth-order valence-corrected chi connectivity index (χ4v) is 3.14. The summed E-state index contributed by atoms with van der Waals surface area (Å²) in [6.45, 7) is 6.25. The Morgan fingerprint density at radius 3 is 2.83 bits per heavy atom. The second-order valence-corrected chi connectivity index (χ2v) is 6.55. The summed E-state index contributed by atoms with van der Waals surface area (Å²) in [7, 11) is 0. The molecule has 1 atom stereocenters. The maximum atomic E-state index is 12.3. The molecule has 0 aromatic heterocycles. The first-order valence-electron chi connectivity index (χ1n) is 8.81. The Morgan fingerprint density at radius 1 is 1.29 bits per heavy atom. The van der Waals surface area contributed by atoms with Crippen molar-refractivity contribution in [3.05, 3.63) is 29.3 Å². The third-order valence-corrected chi connectivity index (χ3v) is 4.61. The summed E-state index contributed by atoms with van der Waals surface area (Å²) in [6, 6.07) is 6.49. The van der Waals surface area contributed by atoms with E-state index in [1.165, 1.54) is 12.0 Å². The van der Waals surface area contributed by atoms with Gasteiger partial charge in [-0.05, 0) is 63.1 Å². The number of halogens is 1. The van der Waals surface area contributed by atoms with Gasteiger partial charge >= 0.3 is 0 Å². The Balaban J connectivity index is 0.00000288. The number of unbranched alkanes of at least 4 members (excludes halogenated alkanes) is 1. The van der Waals surface area contributed by atoms with Gasteiger partial charge in [0.15, 0.2) is 0 Å². The second kappa shape index (κ2) is 10.6. The van der Waals surface area contributed by atoms with Gasteiger partial charge in [0.1, 0.15) is 5.75 Å². The molecule has 24 heavy (non-hydrogen) atoms. The van der Waals surface area contributed by atoms with E-state index in [0.717, 1.165) is 43.5 Å². The van der Waals surface area contributed by atoms with E-state index in [1.807, 2.05) is 4.90 Å². The molecule has 1 aromatic rings. The molecule has 1 unspecified atom stereocenters. The number of benzene rings is 1. The number of nitrogens with two attached hydrogens (primary N) is 1. The van der Waals surface area contributed by atoms with Crippen molar-refractivity contribution in [3.63, 3.8) is 0 Å². The molecule has 2 rings (SSSR count). The van der Waals surface area contributed by atoms with Crippen molar-refractivity contribution < 1.29 is 9.53 Å². The number of hydrogen-bond donors (Lipinski definition) is 1. The largest absolute Gasteiger partial charge is 0.493 e. The lowest BCUT2D eigenvalue weighted by Gasteiger charge is -2.35. The van der Waals surface area contributed by atoms with E-state index >= 15 is 0 Å². The summed E-state index contributed by atoms with van der Waals surface area (Å²) in [4.78, 5) is 14.3. The number of aryl methyl sites for hydroxylation is 2. The van der Waals surface area contributed by atoms with E-state index in [9.17, 15) is 4.79 Å². The normalized spacial score (nSPS) is 17.3. The van der Waals surface area contributed by atoms with E-state index < -0.39 is 0 Å². The van der Waals surface area contributed by atoms with Gasteiger partial charge in [0, 0.05) is 25.6 Å². The Labute approximate surface area is 152 Å². The molecule has 0 aliphatic carbocycles. The molecule has 0 saturated carbocycles. The molecular weight excluding hydrogens is 324 g/mol. The summed E-state index contributed by atoms with van der Waals surface area (Å²) in [5, 5.41) is 0. The predicted octanol–water partition coefficient (Wildman–Crippen LogP) is 3.61. The summed E-state index contributed by atoms with van der Waals surface area (Å²) in [5.74, 6) is 1.21. The lowest BCUT2D eigenvalue weighted by Crippen LogP contribution is -2.47. The second-order valence-electron chi connectivity index (χ2n) is 6.55. The highest BCUT2D eigenvalue weighted by Crippen LogP contribution is 2.20. The van der Waals surface area contributed by atoms with E-state index in [4.69, 9.17) is 10.5 Å². The van der Waals surface area contributed by atoms with E-state index in [2.05, 4.69) is 32.0 Å². The highest BCUT2D eigenvalue weighted by Gasteiger charge is 2.24. The molecule has 0 bridgehead atoms. The maximum Gasteiger partial charge on any atom is 0.222 e. The van der Waals surface area contributed by atoms with Crippen LogP contribution in [0.5, 0.6) is 5.75 Å². The topological polar surface area (TPSA) is 55.6 Å². The van der Waals surface area contributed by atoms with Crippen molar-refractivity contribution in [1.82, 2.24) is 4.90 Å². The Kier molecular flexibility index (Phi) is 9.16. The van der Waals surface area contributed by atoms with E-state index in [0.29, 0.717) is 19.6 Å². The average Bonchev–Trinajstić information content (AvgIpc) is 2.57. The predicted molar refractivity (Wildman–Crippen MR) is 101 cm³/mol. The van der Waals surface area contributed by atoms with Crippen molar-refractivity contribution in [2.75, 3.05) is 19.7 Å². The van der Waals surface area contributed by atoms with Gasteiger partial charge in [0.2, 0.25) is 5.91 Å². The van der Waals surface area contributed by atoms with Crippen LogP contribution in [0.3, 0.4) is 0 Å². The highest BCUT2D eigenvalue weighted by molar-refractivity contribution is 5.85. The van der Waals surface area contributed by atoms with Crippen LogP contribution in [-0.2, 0) is 4.79 Å². The number of carbonyl (C=O) groups excluding carboxylic acids is 1. The summed E-state index contributed by atoms with van der Waals surface area (Å²) >= 11 is 0. The summed E-state index contributed by atoms with van der Waals surface area (Å²) in [6.07, 6.45) is 5.73. The zero-order chi connectivity index (χ0) is 16.7. The SMILES string of the molecule is Cc1ccc(C)c(OCCCCC(=O)N2CCCCC2CN)c1.Cl. The minimum Gasteiger partial charge on any atom is -0.493 e. The molecule has 4 nitrogen and oxygen atoms in total. The standard InChI is InChI=1S/C19H30N2O2.ClH/c1-15-9-10-16(2)18(13-15)23-12-6-4-8-19(22)21-11-5-3-7-17(21)14-20;/h9-10,13,17H,3-8,11-12,14,20H2,1-2H3;1H. The average molecular weight is 355 g/mol. The Hall–Kier alpha value is -1.26. The number of hydrogen-bond acceptors (Lipinski definition) is 3. The van der Waals surface area contributed by atoms with Crippen LogP contribution < -0.4 is 10.5 Å². The monoisotopic (exact) mass is 354 g/mol. The molecule has 1 aliphatic heterocycles. The molecule has 5 heteroatoms. The molecular formula is C19H31ClN2O2. The van der Waals surface area contributed by atoms with Gasteiger partial charge in [-0.15, -0.1) is 12.4 Å². The number of likely N-dealkylation sites (tertiary alicyclic amines) is 1. The number of piperidine rings is 1. The minimum atomic E-state index is 0. The number of rotatable bonds is 7. The van der Waals surface area contributed by atoms with Gasteiger partial charge in [-0.25, -0.2) is 0 Å². The smallest absolute Gasteiger partial charge is 0.222 e. The molecule has 1 amide bonds. The zero-order valence-corrected chi connectivity index (χ0v) is 15.7. The van der Waals surface area contributed by atoms with Gasteiger partial charge < -0.3 is 15.4 Å². The van der Waals surface area contributed by atoms with Crippen molar-refractivity contribution in [2.45, 2.75) is 58.4 Å². The molecule has 1 saturated heterocycles. The first-order valence-corrected chi connectivity index (χ1v) is 8.81. The van der Waals surface area contributed by atoms with Gasteiger partial charge in [-0.2, -0.15) is 0 Å². The van der Waals surface area contributed by atoms with Gasteiger partial charge in [-0.1, -0.05) is 12.1 Å². The molecule has 136 valence electrons. The number of nitrogens with zero attached hydrogens (tertiary/aromatic N) is 1. The van der Waals surface area contributed by atoms with Gasteiger partial charge in [0.25, 0.3) is 0 Å². The summed E-state index contributed by atoms with van der Waals surface area (Å²) in [5.41, 5.74) is 8.15. The Morgan fingerprint density at radius 2 is 2.08 bits per heavy atom. The molecule has 1 aromatic carbocycles.